The minimum absolute atomic E-state index is 0.00527. The second-order valence-corrected chi connectivity index (χ2v) is 6.49. The van der Waals surface area contributed by atoms with Crippen LogP contribution in [0.25, 0.3) is 5.69 Å². The highest BCUT2D eigenvalue weighted by molar-refractivity contribution is 6.02. The van der Waals surface area contributed by atoms with Gasteiger partial charge in [0, 0.05) is 31.8 Å². The molecule has 0 aliphatic carbocycles. The third-order valence-corrected chi connectivity index (χ3v) is 4.42. The topological polar surface area (TPSA) is 84.3 Å². The lowest BCUT2D eigenvalue weighted by Crippen LogP contribution is -2.27. The molecule has 2 amide bonds. The minimum atomic E-state index is -0.425. The van der Waals surface area contributed by atoms with Crippen LogP contribution in [-0.2, 0) is 11.3 Å². The third kappa shape index (κ3) is 4.95. The number of anilines is 1. The Morgan fingerprint density at radius 1 is 1.03 bits per heavy atom. The van der Waals surface area contributed by atoms with E-state index < -0.39 is 5.91 Å². The van der Waals surface area contributed by atoms with Gasteiger partial charge >= 0.3 is 0 Å². The fourth-order valence-electron chi connectivity index (χ4n) is 2.90. The third-order valence-electron chi connectivity index (χ3n) is 4.42. The van der Waals surface area contributed by atoms with Gasteiger partial charge in [-0.25, -0.2) is 0 Å². The molecule has 0 aliphatic heterocycles. The van der Waals surface area contributed by atoms with Gasteiger partial charge in [-0.05, 0) is 42.8 Å². The molecule has 7 nitrogen and oxygen atoms in total. The van der Waals surface area contributed by atoms with Crippen molar-refractivity contribution in [3.63, 3.8) is 0 Å². The predicted octanol–water partition coefficient (Wildman–Crippen LogP) is 2.85. The Hall–Kier alpha value is -3.74. The highest BCUT2D eigenvalue weighted by Gasteiger charge is 2.12. The summed E-state index contributed by atoms with van der Waals surface area (Å²) in [6.07, 6.45) is 0. The lowest BCUT2D eigenvalue weighted by atomic mass is 10.2. The highest BCUT2D eigenvalue weighted by atomic mass is 16.2. The van der Waals surface area contributed by atoms with Gasteiger partial charge in [-0.3, -0.25) is 14.4 Å². The fraction of sp³-hybridized carbons (Fsp3) is 0.182. The van der Waals surface area contributed by atoms with Crippen LogP contribution < -0.4 is 10.9 Å². The number of nitrogens with one attached hydrogen (secondary N) is 1. The van der Waals surface area contributed by atoms with E-state index in [1.54, 1.807) is 35.2 Å². The maximum Gasteiger partial charge on any atom is 0.276 e. The summed E-state index contributed by atoms with van der Waals surface area (Å²) in [5, 5.41) is 6.98. The monoisotopic (exact) mass is 390 g/mol. The molecular weight excluding hydrogens is 368 g/mol. The van der Waals surface area contributed by atoms with Crippen molar-refractivity contribution >= 4 is 17.5 Å². The first-order valence-electron chi connectivity index (χ1n) is 9.29. The van der Waals surface area contributed by atoms with Crippen molar-refractivity contribution in [2.45, 2.75) is 20.4 Å². The molecule has 0 spiro atoms. The van der Waals surface area contributed by atoms with Gasteiger partial charge in [0.1, 0.15) is 5.69 Å². The zero-order valence-corrected chi connectivity index (χ0v) is 16.3. The van der Waals surface area contributed by atoms with Crippen LogP contribution in [0.5, 0.6) is 0 Å². The number of para-hydroxylation sites is 1. The van der Waals surface area contributed by atoms with E-state index in [-0.39, 0.29) is 17.2 Å². The minimum Gasteiger partial charge on any atom is -0.339 e. The van der Waals surface area contributed by atoms with Crippen molar-refractivity contribution < 1.29 is 9.59 Å². The zero-order valence-electron chi connectivity index (χ0n) is 16.3. The average molecular weight is 390 g/mol. The molecule has 7 heteroatoms. The molecule has 1 aromatic heterocycles. The molecular formula is C22H22N4O3. The van der Waals surface area contributed by atoms with Crippen molar-refractivity contribution in [3.05, 3.63) is 88.3 Å². The van der Waals surface area contributed by atoms with Gasteiger partial charge in [0.2, 0.25) is 5.91 Å². The van der Waals surface area contributed by atoms with E-state index in [9.17, 15) is 14.4 Å². The summed E-state index contributed by atoms with van der Waals surface area (Å²) in [7, 11) is 0. The molecule has 0 unspecified atom stereocenters. The van der Waals surface area contributed by atoms with Crippen LogP contribution in [0.4, 0.5) is 5.69 Å². The Labute approximate surface area is 168 Å². The SMILES string of the molecule is CCN(Cc1cccc(NC(=O)c2ccc(=O)n(-c3ccccc3)n2)c1)C(C)=O. The lowest BCUT2D eigenvalue weighted by molar-refractivity contribution is -0.129. The van der Waals surface area contributed by atoms with Crippen LogP contribution in [0, 0.1) is 0 Å². The molecule has 2 aromatic carbocycles. The number of hydrogen-bond acceptors (Lipinski definition) is 4. The molecule has 0 radical (unpaired) electrons. The Morgan fingerprint density at radius 3 is 2.48 bits per heavy atom. The normalized spacial score (nSPS) is 10.4. The smallest absolute Gasteiger partial charge is 0.276 e. The summed E-state index contributed by atoms with van der Waals surface area (Å²) in [5.74, 6) is -0.431. The van der Waals surface area contributed by atoms with Crippen molar-refractivity contribution in [3.8, 4) is 5.69 Å². The highest BCUT2D eigenvalue weighted by Crippen LogP contribution is 2.14. The molecule has 0 saturated carbocycles. The number of nitrogens with zero attached hydrogens (tertiary/aromatic N) is 3. The molecule has 3 aromatic rings. The standard InChI is InChI=1S/C22H22N4O3/c1-3-25(16(2)27)15-17-8-7-9-18(14-17)23-22(29)20-12-13-21(28)26(24-20)19-10-5-4-6-11-19/h4-14H,3,15H2,1-2H3,(H,23,29). The molecule has 0 bridgehead atoms. The molecule has 1 N–H and O–H groups in total. The first-order chi connectivity index (χ1) is 14.0. The summed E-state index contributed by atoms with van der Waals surface area (Å²) in [4.78, 5) is 38.1. The number of benzene rings is 2. The second-order valence-electron chi connectivity index (χ2n) is 6.49. The summed E-state index contributed by atoms with van der Waals surface area (Å²) in [6.45, 7) is 4.52. The van der Waals surface area contributed by atoms with Gasteiger partial charge in [-0.15, -0.1) is 0 Å². The number of carbonyl (C=O) groups excluding carboxylic acids is 2. The summed E-state index contributed by atoms with van der Waals surface area (Å²) >= 11 is 0. The Morgan fingerprint density at radius 2 is 1.79 bits per heavy atom. The van der Waals surface area contributed by atoms with Crippen molar-refractivity contribution in [1.29, 1.82) is 0 Å². The van der Waals surface area contributed by atoms with E-state index in [1.807, 2.05) is 31.2 Å². The Balaban J connectivity index is 1.80. The predicted molar refractivity (Wildman–Crippen MR) is 111 cm³/mol. The summed E-state index contributed by atoms with van der Waals surface area (Å²) in [6, 6.07) is 18.9. The quantitative estimate of drug-likeness (QED) is 0.701. The van der Waals surface area contributed by atoms with Crippen LogP contribution in [0.15, 0.2) is 71.5 Å². The van der Waals surface area contributed by atoms with E-state index in [1.165, 1.54) is 23.7 Å². The maximum atomic E-state index is 12.7. The van der Waals surface area contributed by atoms with Crippen LogP contribution in [0.3, 0.4) is 0 Å². The molecule has 1 heterocycles. The van der Waals surface area contributed by atoms with Crippen molar-refractivity contribution in [2.24, 2.45) is 0 Å². The molecule has 0 saturated heterocycles. The second kappa shape index (κ2) is 8.97. The number of rotatable bonds is 6. The molecule has 3 rings (SSSR count). The van der Waals surface area contributed by atoms with Gasteiger partial charge in [0.15, 0.2) is 0 Å². The van der Waals surface area contributed by atoms with Gasteiger partial charge in [0.25, 0.3) is 11.5 Å². The first-order valence-corrected chi connectivity index (χ1v) is 9.29. The Bertz CT molecular complexity index is 1080. The van der Waals surface area contributed by atoms with E-state index in [4.69, 9.17) is 0 Å². The van der Waals surface area contributed by atoms with E-state index in [0.717, 1.165) is 5.56 Å². The Kier molecular flexibility index (Phi) is 6.19. The van der Waals surface area contributed by atoms with Crippen molar-refractivity contribution in [2.75, 3.05) is 11.9 Å². The van der Waals surface area contributed by atoms with Crippen LogP contribution in [0.2, 0.25) is 0 Å². The largest absolute Gasteiger partial charge is 0.339 e. The maximum absolute atomic E-state index is 12.7. The van der Waals surface area contributed by atoms with E-state index in [0.29, 0.717) is 24.5 Å². The van der Waals surface area contributed by atoms with Crippen LogP contribution in [0.1, 0.15) is 29.9 Å². The molecule has 0 atom stereocenters. The molecule has 0 fully saturated rings. The van der Waals surface area contributed by atoms with E-state index in [2.05, 4.69) is 10.4 Å². The fourth-order valence-corrected chi connectivity index (χ4v) is 2.90. The lowest BCUT2D eigenvalue weighted by Gasteiger charge is -2.19. The van der Waals surface area contributed by atoms with Gasteiger partial charge in [-0.2, -0.15) is 9.78 Å². The van der Waals surface area contributed by atoms with E-state index >= 15 is 0 Å². The van der Waals surface area contributed by atoms with Gasteiger partial charge in [-0.1, -0.05) is 30.3 Å². The van der Waals surface area contributed by atoms with Gasteiger partial charge < -0.3 is 10.2 Å². The number of carbonyl (C=O) groups is 2. The molecule has 0 aliphatic rings. The van der Waals surface area contributed by atoms with Crippen LogP contribution >= 0.6 is 0 Å². The number of hydrogen-bond donors (Lipinski definition) is 1. The summed E-state index contributed by atoms with van der Waals surface area (Å²) in [5.41, 5.74) is 1.88. The zero-order chi connectivity index (χ0) is 20.8. The average Bonchev–Trinajstić information content (AvgIpc) is 2.73. The van der Waals surface area contributed by atoms with Crippen molar-refractivity contribution in [1.82, 2.24) is 14.7 Å². The molecule has 29 heavy (non-hydrogen) atoms. The number of aromatic nitrogens is 2. The number of amides is 2. The van der Waals surface area contributed by atoms with Gasteiger partial charge in [0.05, 0.1) is 5.69 Å². The van der Waals surface area contributed by atoms with Crippen LogP contribution in [-0.4, -0.2) is 33.0 Å². The summed E-state index contributed by atoms with van der Waals surface area (Å²) < 4.78 is 1.19. The first kappa shape index (κ1) is 20.0. The molecule has 148 valence electrons.